The number of carbonyl (C=O) groups is 1. The van der Waals surface area contributed by atoms with Crippen LogP contribution in [0.25, 0.3) is 0 Å². The molecule has 1 aromatic carbocycles. The van der Waals surface area contributed by atoms with Gasteiger partial charge < -0.3 is 10.1 Å². The number of benzene rings is 1. The van der Waals surface area contributed by atoms with Crippen LogP contribution in [-0.2, 0) is 14.8 Å². The first-order valence-corrected chi connectivity index (χ1v) is 8.45. The highest BCUT2D eigenvalue weighted by Crippen LogP contribution is 2.15. The molecule has 21 heavy (non-hydrogen) atoms. The number of rotatable bonds is 8. The number of likely N-dealkylation sites (N-methyl/N-ethyl adjacent to an activating group) is 1. The molecule has 0 heterocycles. The average Bonchev–Trinajstić information content (AvgIpc) is 2.45. The molecule has 0 aromatic heterocycles. The van der Waals surface area contributed by atoms with Gasteiger partial charge in [-0.25, -0.2) is 8.42 Å². The smallest absolute Gasteiger partial charge is 0.239 e. The Labute approximate surface area is 126 Å². The van der Waals surface area contributed by atoms with Gasteiger partial charge in [0.25, 0.3) is 0 Å². The fourth-order valence-corrected chi connectivity index (χ4v) is 3.31. The van der Waals surface area contributed by atoms with Crippen molar-refractivity contribution in [2.75, 3.05) is 31.3 Å². The van der Waals surface area contributed by atoms with Crippen LogP contribution in [0.4, 0.5) is 5.69 Å². The summed E-state index contributed by atoms with van der Waals surface area (Å²) in [5.41, 5.74) is 0.602. The summed E-state index contributed by atoms with van der Waals surface area (Å²) in [6, 6.07) is 6.85. The molecule has 0 radical (unpaired) electrons. The Morgan fingerprint density at radius 1 is 1.24 bits per heavy atom. The SMILES string of the molecule is CCCS(=O)(=O)N(CC)CC(=O)Nc1ccc(OC)cc1. The maximum Gasteiger partial charge on any atom is 0.239 e. The molecule has 0 aliphatic rings. The molecular formula is C14H22N2O4S. The number of nitrogens with zero attached hydrogens (tertiary/aromatic N) is 1. The molecule has 0 atom stereocenters. The third-order valence-corrected chi connectivity index (χ3v) is 5.00. The van der Waals surface area contributed by atoms with Crippen molar-refractivity contribution in [3.63, 3.8) is 0 Å². The number of hydrogen-bond donors (Lipinski definition) is 1. The van der Waals surface area contributed by atoms with E-state index in [1.54, 1.807) is 45.2 Å². The van der Waals surface area contributed by atoms with E-state index in [4.69, 9.17) is 4.74 Å². The first-order valence-electron chi connectivity index (χ1n) is 6.84. The summed E-state index contributed by atoms with van der Waals surface area (Å²) in [6.45, 7) is 3.61. The van der Waals surface area contributed by atoms with Gasteiger partial charge in [-0.2, -0.15) is 4.31 Å². The molecule has 0 aliphatic carbocycles. The fourth-order valence-electron chi connectivity index (χ4n) is 1.83. The van der Waals surface area contributed by atoms with Crippen molar-refractivity contribution in [1.82, 2.24) is 4.31 Å². The number of hydrogen-bond acceptors (Lipinski definition) is 4. The Balaban J connectivity index is 2.66. The van der Waals surface area contributed by atoms with Crippen molar-refractivity contribution < 1.29 is 17.9 Å². The van der Waals surface area contributed by atoms with E-state index in [1.807, 2.05) is 0 Å². The van der Waals surface area contributed by atoms with Gasteiger partial charge in [0.15, 0.2) is 0 Å². The Morgan fingerprint density at radius 2 is 1.86 bits per heavy atom. The van der Waals surface area contributed by atoms with Gasteiger partial charge in [0.2, 0.25) is 15.9 Å². The second kappa shape index (κ2) is 7.99. The van der Waals surface area contributed by atoms with Crippen LogP contribution in [0.15, 0.2) is 24.3 Å². The van der Waals surface area contributed by atoms with E-state index in [2.05, 4.69) is 5.32 Å². The zero-order valence-electron chi connectivity index (χ0n) is 12.6. The molecule has 0 saturated heterocycles. The van der Waals surface area contributed by atoms with Crippen LogP contribution in [0.2, 0.25) is 0 Å². The van der Waals surface area contributed by atoms with Gasteiger partial charge in [-0.05, 0) is 30.7 Å². The summed E-state index contributed by atoms with van der Waals surface area (Å²) < 4.78 is 30.1. The lowest BCUT2D eigenvalue weighted by molar-refractivity contribution is -0.116. The summed E-state index contributed by atoms with van der Waals surface area (Å²) in [7, 11) is -1.81. The Bertz CT molecular complexity index is 555. The number of ether oxygens (including phenoxy) is 1. The van der Waals surface area contributed by atoms with Crippen molar-refractivity contribution in [2.45, 2.75) is 20.3 Å². The first kappa shape index (κ1) is 17.5. The lowest BCUT2D eigenvalue weighted by atomic mass is 10.3. The molecule has 0 aliphatic heterocycles. The number of carbonyl (C=O) groups excluding carboxylic acids is 1. The minimum Gasteiger partial charge on any atom is -0.497 e. The Kier molecular flexibility index (Phi) is 6.64. The minimum absolute atomic E-state index is 0.0522. The molecule has 7 heteroatoms. The van der Waals surface area contributed by atoms with E-state index < -0.39 is 10.0 Å². The predicted molar refractivity (Wildman–Crippen MR) is 82.9 cm³/mol. The van der Waals surface area contributed by atoms with Gasteiger partial charge in [-0.3, -0.25) is 4.79 Å². The van der Waals surface area contributed by atoms with E-state index in [0.717, 1.165) is 0 Å². The molecule has 1 amide bonds. The number of amides is 1. The van der Waals surface area contributed by atoms with Crippen LogP contribution in [-0.4, -0.2) is 44.6 Å². The van der Waals surface area contributed by atoms with E-state index in [0.29, 0.717) is 17.9 Å². The normalized spacial score (nSPS) is 11.4. The Morgan fingerprint density at radius 3 is 2.33 bits per heavy atom. The van der Waals surface area contributed by atoms with Gasteiger partial charge in [-0.1, -0.05) is 13.8 Å². The molecule has 0 saturated carbocycles. The fraction of sp³-hybridized carbons (Fsp3) is 0.500. The van der Waals surface area contributed by atoms with Crippen molar-refractivity contribution in [3.05, 3.63) is 24.3 Å². The summed E-state index contributed by atoms with van der Waals surface area (Å²) in [5.74, 6) is 0.381. The molecule has 1 N–H and O–H groups in total. The lowest BCUT2D eigenvalue weighted by Gasteiger charge is -2.19. The van der Waals surface area contributed by atoms with Crippen LogP contribution in [0, 0.1) is 0 Å². The average molecular weight is 314 g/mol. The highest BCUT2D eigenvalue weighted by molar-refractivity contribution is 7.89. The molecular weight excluding hydrogens is 292 g/mol. The van der Waals surface area contributed by atoms with Gasteiger partial charge in [0.1, 0.15) is 5.75 Å². The zero-order chi connectivity index (χ0) is 15.9. The molecule has 118 valence electrons. The zero-order valence-corrected chi connectivity index (χ0v) is 13.4. The highest BCUT2D eigenvalue weighted by atomic mass is 32.2. The number of nitrogens with one attached hydrogen (secondary N) is 1. The van der Waals surface area contributed by atoms with Gasteiger partial charge in [-0.15, -0.1) is 0 Å². The van der Waals surface area contributed by atoms with Gasteiger partial charge in [0.05, 0.1) is 19.4 Å². The standard InChI is InChI=1S/C14H22N2O4S/c1-4-10-21(18,19)16(5-2)11-14(17)15-12-6-8-13(20-3)9-7-12/h6-9H,4-5,10-11H2,1-3H3,(H,15,17). The largest absolute Gasteiger partial charge is 0.497 e. The molecule has 6 nitrogen and oxygen atoms in total. The van der Waals surface area contributed by atoms with Gasteiger partial charge >= 0.3 is 0 Å². The van der Waals surface area contributed by atoms with E-state index >= 15 is 0 Å². The summed E-state index contributed by atoms with van der Waals surface area (Å²) in [4.78, 5) is 11.9. The predicted octanol–water partition coefficient (Wildman–Crippen LogP) is 1.70. The number of anilines is 1. The van der Waals surface area contributed by atoms with Crippen LogP contribution >= 0.6 is 0 Å². The summed E-state index contributed by atoms with van der Waals surface area (Å²) >= 11 is 0. The van der Waals surface area contributed by atoms with Crippen LogP contribution in [0.5, 0.6) is 5.75 Å². The van der Waals surface area contributed by atoms with E-state index in [9.17, 15) is 13.2 Å². The van der Waals surface area contributed by atoms with Crippen molar-refractivity contribution in [2.24, 2.45) is 0 Å². The summed E-state index contributed by atoms with van der Waals surface area (Å²) in [5, 5.41) is 2.67. The molecule has 0 unspecified atom stereocenters. The number of methoxy groups -OCH3 is 1. The third-order valence-electron chi connectivity index (χ3n) is 2.90. The van der Waals surface area contributed by atoms with Gasteiger partial charge in [0, 0.05) is 12.2 Å². The van der Waals surface area contributed by atoms with E-state index in [-0.39, 0.29) is 24.7 Å². The highest BCUT2D eigenvalue weighted by Gasteiger charge is 2.21. The topological polar surface area (TPSA) is 75.7 Å². The molecule has 1 aromatic rings. The van der Waals surface area contributed by atoms with Crippen LogP contribution < -0.4 is 10.1 Å². The maximum atomic E-state index is 12.0. The monoisotopic (exact) mass is 314 g/mol. The van der Waals surface area contributed by atoms with E-state index in [1.165, 1.54) is 4.31 Å². The minimum atomic E-state index is -3.37. The number of sulfonamides is 1. The summed E-state index contributed by atoms with van der Waals surface area (Å²) in [6.07, 6.45) is 0.527. The second-order valence-electron chi connectivity index (χ2n) is 4.52. The first-order chi connectivity index (χ1) is 9.92. The molecule has 1 rings (SSSR count). The maximum absolute atomic E-state index is 12.0. The van der Waals surface area contributed by atoms with Crippen molar-refractivity contribution >= 4 is 21.6 Å². The lowest BCUT2D eigenvalue weighted by Crippen LogP contribution is -2.39. The van der Waals surface area contributed by atoms with Crippen LogP contribution in [0.1, 0.15) is 20.3 Å². The van der Waals surface area contributed by atoms with Crippen molar-refractivity contribution in [1.29, 1.82) is 0 Å². The van der Waals surface area contributed by atoms with Crippen molar-refractivity contribution in [3.8, 4) is 5.75 Å². The second-order valence-corrected chi connectivity index (χ2v) is 6.61. The Hall–Kier alpha value is -1.60. The molecule has 0 bridgehead atoms. The quantitative estimate of drug-likeness (QED) is 0.792. The van der Waals surface area contributed by atoms with Crippen LogP contribution in [0.3, 0.4) is 0 Å². The molecule has 0 spiro atoms. The molecule has 0 fully saturated rings. The third kappa shape index (κ3) is 5.35.